The average molecular weight is 729 g/mol. The van der Waals surface area contributed by atoms with Crippen molar-refractivity contribution < 1.29 is 33.6 Å². The second-order valence-corrected chi connectivity index (χ2v) is 16.5. The Morgan fingerprint density at radius 2 is 1.54 bits per heavy atom. The van der Waals surface area contributed by atoms with E-state index in [9.17, 15) is 33.6 Å². The third-order valence-electron chi connectivity index (χ3n) is 11.8. The molecule has 2 heterocycles. The Balaban J connectivity index is 1.82. The van der Waals surface area contributed by atoms with Gasteiger partial charge in [-0.1, -0.05) is 80.2 Å². The molecule has 0 aromatic carbocycles. The molecule has 3 rings (SSSR count). The summed E-state index contributed by atoms with van der Waals surface area (Å²) in [5.41, 5.74) is -1.46. The maximum Gasteiger partial charge on any atom is 0.315 e. The summed E-state index contributed by atoms with van der Waals surface area (Å²) < 4.78 is 0. The van der Waals surface area contributed by atoms with Gasteiger partial charge in [-0.05, 0) is 61.2 Å². The van der Waals surface area contributed by atoms with Crippen molar-refractivity contribution >= 4 is 41.4 Å². The number of carbonyl (C=O) groups is 7. The first-order valence-corrected chi connectivity index (χ1v) is 19.4. The minimum Gasteiger partial charge on any atom is -0.346 e. The normalized spacial score (nSPS) is 21.8. The van der Waals surface area contributed by atoms with Crippen LogP contribution >= 0.6 is 0 Å². The maximum atomic E-state index is 14.5. The molecule has 0 spiro atoms. The van der Waals surface area contributed by atoms with Crippen LogP contribution in [0.3, 0.4) is 0 Å². The van der Waals surface area contributed by atoms with E-state index >= 15 is 0 Å². The fourth-order valence-corrected chi connectivity index (χ4v) is 7.92. The topological polar surface area (TPSA) is 174 Å². The molecule has 52 heavy (non-hydrogen) atoms. The summed E-state index contributed by atoms with van der Waals surface area (Å²) in [5, 5.41) is 11.2. The smallest absolute Gasteiger partial charge is 0.315 e. The van der Waals surface area contributed by atoms with Gasteiger partial charge in [0.2, 0.25) is 29.4 Å². The van der Waals surface area contributed by atoms with Gasteiger partial charge in [0.25, 0.3) is 5.91 Å². The molecule has 292 valence electrons. The lowest BCUT2D eigenvalue weighted by Crippen LogP contribution is -2.63. The minimum atomic E-state index is -1.04. The van der Waals surface area contributed by atoms with Crippen molar-refractivity contribution in [3.05, 3.63) is 12.7 Å². The Morgan fingerprint density at radius 1 is 0.923 bits per heavy atom. The molecular formula is C39H64N6O7. The summed E-state index contributed by atoms with van der Waals surface area (Å²) in [6.45, 7) is 17.6. The Morgan fingerprint density at radius 3 is 2.08 bits per heavy atom. The number of ketones is 1. The highest BCUT2D eigenvalue weighted by Crippen LogP contribution is 2.41. The summed E-state index contributed by atoms with van der Waals surface area (Å²) in [6, 6.07) is -4.05. The van der Waals surface area contributed by atoms with E-state index in [4.69, 9.17) is 0 Å². The quantitative estimate of drug-likeness (QED) is 0.105. The van der Waals surface area contributed by atoms with Gasteiger partial charge < -0.3 is 26.2 Å². The van der Waals surface area contributed by atoms with Crippen molar-refractivity contribution in [3.8, 4) is 0 Å². The van der Waals surface area contributed by atoms with Crippen molar-refractivity contribution in [1.82, 2.24) is 31.1 Å². The number of piperidine rings is 1. The lowest BCUT2D eigenvalue weighted by atomic mass is 9.70. The van der Waals surface area contributed by atoms with E-state index in [1.54, 1.807) is 0 Å². The number of hydrogen-bond donors (Lipinski definition) is 4. The fourth-order valence-electron chi connectivity index (χ4n) is 7.92. The number of likely N-dealkylation sites (tertiary alicyclic amines) is 2. The third kappa shape index (κ3) is 10.4. The molecule has 2 aliphatic heterocycles. The highest BCUT2D eigenvalue weighted by molar-refractivity contribution is 6.38. The predicted molar refractivity (Wildman–Crippen MR) is 199 cm³/mol. The van der Waals surface area contributed by atoms with E-state index in [0.29, 0.717) is 38.6 Å². The zero-order valence-corrected chi connectivity index (χ0v) is 32.7. The van der Waals surface area contributed by atoms with Crippen LogP contribution in [0.4, 0.5) is 4.79 Å². The van der Waals surface area contributed by atoms with Crippen LogP contribution in [0.25, 0.3) is 0 Å². The lowest BCUT2D eigenvalue weighted by Gasteiger charge is -2.43. The molecule has 0 radical (unpaired) electrons. The van der Waals surface area contributed by atoms with Crippen LogP contribution in [0, 0.1) is 16.2 Å². The van der Waals surface area contributed by atoms with Crippen LogP contribution in [-0.4, -0.2) is 95.0 Å². The monoisotopic (exact) mass is 728 g/mol. The van der Waals surface area contributed by atoms with Crippen LogP contribution in [0.5, 0.6) is 0 Å². The molecule has 0 bridgehead atoms. The minimum absolute atomic E-state index is 0.0195. The third-order valence-corrected chi connectivity index (χ3v) is 11.8. The Labute approximate surface area is 310 Å². The molecular weight excluding hydrogens is 664 g/mol. The molecule has 1 unspecified atom stereocenters. The van der Waals surface area contributed by atoms with E-state index in [2.05, 4.69) is 27.8 Å². The first-order valence-electron chi connectivity index (χ1n) is 19.4. The Hall–Kier alpha value is -3.77. The van der Waals surface area contributed by atoms with Crippen molar-refractivity contribution in [2.75, 3.05) is 19.6 Å². The summed E-state index contributed by atoms with van der Waals surface area (Å²) in [6.07, 6.45) is 9.45. The number of nitrogens with zero attached hydrogens (tertiary/aromatic N) is 2. The molecule has 2 saturated heterocycles. The van der Waals surface area contributed by atoms with Crippen molar-refractivity contribution in [2.24, 2.45) is 16.2 Å². The number of hydrogen-bond acceptors (Lipinski definition) is 7. The van der Waals surface area contributed by atoms with Gasteiger partial charge in [0.05, 0.1) is 12.1 Å². The highest BCUT2D eigenvalue weighted by atomic mass is 16.2. The van der Waals surface area contributed by atoms with Gasteiger partial charge in [-0.3, -0.25) is 33.7 Å². The number of amides is 7. The molecule has 0 aromatic rings. The van der Waals surface area contributed by atoms with Crippen molar-refractivity contribution in [3.63, 3.8) is 0 Å². The van der Waals surface area contributed by atoms with Gasteiger partial charge in [-0.2, -0.15) is 0 Å². The standard InChI is InChI=1S/C39H64N6O7/c1-9-17-26(31(48)34(50)40-21-10-2)41-33(49)27-18-16-22-44(27)35(51)32(38(8)19-14-13-15-20-38)43-36(52)42-28(37(5,6)7)25-45-29(46)23-39(11-3,12-4)24-30(45)47/h10,26-28,32H,2,9,11-25H2,1,3-8H3,(H,40,50)(H,41,49)(H2,42,43,52)/t26?,27-,28+,32+/m0/s1. The molecule has 0 aromatic heterocycles. The number of imide groups is 1. The van der Waals surface area contributed by atoms with Gasteiger partial charge in [-0.15, -0.1) is 6.58 Å². The summed E-state index contributed by atoms with van der Waals surface area (Å²) in [7, 11) is 0. The fraction of sp³-hybridized carbons (Fsp3) is 0.769. The molecule has 3 fully saturated rings. The summed E-state index contributed by atoms with van der Waals surface area (Å²) >= 11 is 0. The molecule has 1 aliphatic carbocycles. The Kier molecular flexibility index (Phi) is 15.0. The van der Waals surface area contributed by atoms with Crippen LogP contribution in [-0.2, 0) is 28.8 Å². The molecule has 13 heteroatoms. The molecule has 3 aliphatic rings. The van der Waals surface area contributed by atoms with Gasteiger partial charge >= 0.3 is 6.03 Å². The largest absolute Gasteiger partial charge is 0.346 e. The van der Waals surface area contributed by atoms with E-state index in [0.717, 1.165) is 32.1 Å². The Bertz CT molecular complexity index is 1330. The number of urea groups is 1. The average Bonchev–Trinajstić information content (AvgIpc) is 3.60. The first-order chi connectivity index (χ1) is 24.5. The number of Topliss-reactive ketones (excluding diaryl/α,β-unsaturated/α-hetero) is 1. The second-order valence-electron chi connectivity index (χ2n) is 16.5. The second kappa shape index (κ2) is 18.3. The van der Waals surface area contributed by atoms with Gasteiger partial charge in [0.1, 0.15) is 12.1 Å². The highest BCUT2D eigenvalue weighted by Gasteiger charge is 2.47. The van der Waals surface area contributed by atoms with E-state index in [1.807, 2.05) is 48.5 Å². The lowest BCUT2D eigenvalue weighted by molar-refractivity contribution is -0.154. The van der Waals surface area contributed by atoms with Crippen LogP contribution in [0.1, 0.15) is 132 Å². The molecule has 4 atom stereocenters. The zero-order chi connectivity index (χ0) is 38.9. The SMILES string of the molecule is C=CCNC(=O)C(=O)C(CCC)NC(=O)[C@@H]1CCCN1C(=O)[C@@H](NC(=O)N[C@H](CN1C(=O)CC(CC)(CC)CC1=O)C(C)(C)C)C1(C)CCCCC1. The van der Waals surface area contributed by atoms with Crippen LogP contribution < -0.4 is 21.3 Å². The summed E-state index contributed by atoms with van der Waals surface area (Å²) in [5.74, 6) is -2.92. The van der Waals surface area contributed by atoms with Crippen LogP contribution in [0.2, 0.25) is 0 Å². The molecule has 7 amide bonds. The first kappa shape index (κ1) is 42.6. The molecule has 1 saturated carbocycles. The van der Waals surface area contributed by atoms with E-state index in [-0.39, 0.29) is 55.5 Å². The van der Waals surface area contributed by atoms with Crippen LogP contribution in [0.15, 0.2) is 12.7 Å². The number of rotatable bonds is 16. The van der Waals surface area contributed by atoms with E-state index < -0.39 is 58.6 Å². The van der Waals surface area contributed by atoms with E-state index in [1.165, 1.54) is 15.9 Å². The van der Waals surface area contributed by atoms with Crippen molar-refractivity contribution in [2.45, 2.75) is 156 Å². The number of nitrogens with one attached hydrogen (secondary N) is 4. The van der Waals surface area contributed by atoms with Crippen molar-refractivity contribution in [1.29, 1.82) is 0 Å². The van der Waals surface area contributed by atoms with Gasteiger partial charge in [0.15, 0.2) is 0 Å². The van der Waals surface area contributed by atoms with Gasteiger partial charge in [0, 0.05) is 32.5 Å². The molecule has 13 nitrogen and oxygen atoms in total. The zero-order valence-electron chi connectivity index (χ0n) is 32.7. The maximum absolute atomic E-state index is 14.5. The summed E-state index contributed by atoms with van der Waals surface area (Å²) in [4.78, 5) is 96.9. The molecule has 4 N–H and O–H groups in total. The number of carbonyl (C=O) groups excluding carboxylic acids is 7. The predicted octanol–water partition coefficient (Wildman–Crippen LogP) is 4.14. The van der Waals surface area contributed by atoms with Gasteiger partial charge in [-0.25, -0.2) is 4.79 Å².